The van der Waals surface area contributed by atoms with Crippen molar-refractivity contribution in [3.8, 4) is 28.3 Å². The number of benzene rings is 2. The maximum absolute atomic E-state index is 12.6. The van der Waals surface area contributed by atoms with E-state index in [9.17, 15) is 4.79 Å². The minimum absolute atomic E-state index is 0.0959. The maximum Gasteiger partial charge on any atom is 0.228 e. The van der Waals surface area contributed by atoms with Crippen molar-refractivity contribution in [1.29, 1.82) is 0 Å². The maximum atomic E-state index is 12.6. The largest absolute Gasteiger partial charge is 0.333 e. The highest BCUT2D eigenvalue weighted by molar-refractivity contribution is 5.97. The molecule has 2 aromatic carbocycles. The monoisotopic (exact) mass is 525 g/mol. The number of aromatic amines is 2. The van der Waals surface area contributed by atoms with E-state index >= 15 is 0 Å². The predicted molar refractivity (Wildman–Crippen MR) is 153 cm³/mol. The van der Waals surface area contributed by atoms with Crippen molar-refractivity contribution in [2.45, 2.75) is 13.3 Å². The van der Waals surface area contributed by atoms with Crippen LogP contribution in [0.5, 0.6) is 0 Å². The Bertz CT molecular complexity index is 2000. The molecule has 3 N–H and O–H groups in total. The van der Waals surface area contributed by atoms with Crippen LogP contribution in [0.25, 0.3) is 50.4 Å². The SMILES string of the molecule is Cc1cn(-c2ccnc3nc(-c4n[nH]c5ccc(-c6cncc(NC(=O)Cc7ccccc7)c6)cc45)[nH]c23)cn1. The molecule has 1 amide bonds. The highest BCUT2D eigenvalue weighted by Crippen LogP contribution is 2.31. The van der Waals surface area contributed by atoms with Gasteiger partial charge in [0, 0.05) is 29.5 Å². The summed E-state index contributed by atoms with van der Waals surface area (Å²) in [5.74, 6) is 0.511. The second-order valence-corrected chi connectivity index (χ2v) is 9.54. The molecule has 0 radical (unpaired) electrons. The van der Waals surface area contributed by atoms with Gasteiger partial charge in [0.05, 0.1) is 41.5 Å². The highest BCUT2D eigenvalue weighted by atomic mass is 16.1. The van der Waals surface area contributed by atoms with Gasteiger partial charge in [-0.1, -0.05) is 36.4 Å². The van der Waals surface area contributed by atoms with E-state index in [-0.39, 0.29) is 5.91 Å². The number of carbonyl (C=O) groups excluding carboxylic acids is 1. The van der Waals surface area contributed by atoms with Crippen molar-refractivity contribution in [2.75, 3.05) is 5.32 Å². The Labute approximate surface area is 228 Å². The van der Waals surface area contributed by atoms with Gasteiger partial charge in [0.25, 0.3) is 0 Å². The van der Waals surface area contributed by atoms with Crippen molar-refractivity contribution >= 4 is 33.7 Å². The first-order valence-electron chi connectivity index (χ1n) is 12.7. The summed E-state index contributed by atoms with van der Waals surface area (Å²) in [6, 6.07) is 19.5. The number of aromatic nitrogens is 8. The lowest BCUT2D eigenvalue weighted by Gasteiger charge is -2.08. The molecule has 7 rings (SSSR count). The lowest BCUT2D eigenvalue weighted by molar-refractivity contribution is -0.115. The summed E-state index contributed by atoms with van der Waals surface area (Å²) in [5, 5.41) is 11.5. The molecule has 0 saturated carbocycles. The molecule has 0 atom stereocenters. The average molecular weight is 526 g/mol. The van der Waals surface area contributed by atoms with Gasteiger partial charge in [0.15, 0.2) is 11.5 Å². The first-order chi connectivity index (χ1) is 19.6. The molecule has 0 bridgehead atoms. The average Bonchev–Trinajstić information content (AvgIpc) is 3.71. The summed E-state index contributed by atoms with van der Waals surface area (Å²) in [7, 11) is 0. The number of imidazole rings is 2. The topological polar surface area (TPSA) is 130 Å². The zero-order valence-corrected chi connectivity index (χ0v) is 21.5. The number of H-pyrrole nitrogens is 2. The molecule has 0 spiro atoms. The first kappa shape index (κ1) is 23.5. The molecular weight excluding hydrogens is 502 g/mol. The molecule has 10 heteroatoms. The second kappa shape index (κ2) is 9.59. The van der Waals surface area contributed by atoms with E-state index in [1.807, 2.05) is 78.4 Å². The molecule has 5 aromatic heterocycles. The molecule has 40 heavy (non-hydrogen) atoms. The molecule has 0 aliphatic carbocycles. The van der Waals surface area contributed by atoms with Gasteiger partial charge < -0.3 is 14.9 Å². The molecule has 10 nitrogen and oxygen atoms in total. The number of rotatable bonds is 6. The molecule has 7 aromatic rings. The quantitative estimate of drug-likeness (QED) is 0.272. The number of carbonyl (C=O) groups is 1. The van der Waals surface area contributed by atoms with Crippen LogP contribution in [0.3, 0.4) is 0 Å². The number of nitrogens with zero attached hydrogens (tertiary/aromatic N) is 6. The number of nitrogens with one attached hydrogen (secondary N) is 3. The van der Waals surface area contributed by atoms with E-state index in [1.54, 1.807) is 24.9 Å². The van der Waals surface area contributed by atoms with Crippen LogP contribution in [-0.2, 0) is 11.2 Å². The Kier molecular flexibility index (Phi) is 5.63. The van der Waals surface area contributed by atoms with Gasteiger partial charge in [-0.25, -0.2) is 15.0 Å². The third kappa shape index (κ3) is 4.37. The molecular formula is C30H23N9O. The molecule has 0 aliphatic heterocycles. The number of fused-ring (bicyclic) bond motifs is 2. The number of amides is 1. The van der Waals surface area contributed by atoms with Gasteiger partial charge >= 0.3 is 0 Å². The molecule has 194 valence electrons. The summed E-state index contributed by atoms with van der Waals surface area (Å²) in [5.41, 5.74) is 8.17. The summed E-state index contributed by atoms with van der Waals surface area (Å²) >= 11 is 0. The van der Waals surface area contributed by atoms with Crippen molar-refractivity contribution in [2.24, 2.45) is 0 Å². The minimum Gasteiger partial charge on any atom is -0.333 e. The Hall–Kier alpha value is -5.64. The van der Waals surface area contributed by atoms with Crippen molar-refractivity contribution in [1.82, 2.24) is 39.7 Å². The van der Waals surface area contributed by atoms with Crippen LogP contribution in [0.2, 0.25) is 0 Å². The zero-order valence-electron chi connectivity index (χ0n) is 21.5. The zero-order chi connectivity index (χ0) is 27.1. The number of aryl methyl sites for hydroxylation is 1. The number of hydrogen-bond acceptors (Lipinski definition) is 6. The van der Waals surface area contributed by atoms with Crippen molar-refractivity contribution in [3.63, 3.8) is 0 Å². The van der Waals surface area contributed by atoms with E-state index in [2.05, 4.69) is 35.5 Å². The third-order valence-corrected chi connectivity index (χ3v) is 6.71. The van der Waals surface area contributed by atoms with Crippen molar-refractivity contribution < 1.29 is 4.79 Å². The molecule has 0 aliphatic rings. The minimum atomic E-state index is -0.0959. The fourth-order valence-electron chi connectivity index (χ4n) is 4.80. The molecule has 0 saturated heterocycles. The van der Waals surface area contributed by atoms with E-state index in [4.69, 9.17) is 4.98 Å². The van der Waals surface area contributed by atoms with Gasteiger partial charge in [-0.15, -0.1) is 0 Å². The predicted octanol–water partition coefficient (Wildman–Crippen LogP) is 5.24. The second-order valence-electron chi connectivity index (χ2n) is 9.54. The fraction of sp³-hybridized carbons (Fsp3) is 0.0667. The van der Waals surface area contributed by atoms with Gasteiger partial charge in [-0.05, 0) is 42.3 Å². The van der Waals surface area contributed by atoms with Crippen LogP contribution in [0.1, 0.15) is 11.3 Å². The van der Waals surface area contributed by atoms with Crippen molar-refractivity contribution in [3.05, 3.63) is 103 Å². The lowest BCUT2D eigenvalue weighted by Crippen LogP contribution is -2.14. The first-order valence-corrected chi connectivity index (χ1v) is 12.7. The Morgan fingerprint density at radius 3 is 2.75 bits per heavy atom. The molecule has 5 heterocycles. The van der Waals surface area contributed by atoms with Crippen LogP contribution in [-0.4, -0.2) is 45.6 Å². The Balaban J connectivity index is 1.21. The number of anilines is 1. The smallest absolute Gasteiger partial charge is 0.228 e. The molecule has 0 unspecified atom stereocenters. The van der Waals surface area contributed by atoms with Gasteiger partial charge in [-0.3, -0.25) is 14.9 Å². The van der Waals surface area contributed by atoms with Crippen LogP contribution in [0.15, 0.2) is 91.8 Å². The number of hydrogen-bond donors (Lipinski definition) is 3. The third-order valence-electron chi connectivity index (χ3n) is 6.71. The fourth-order valence-corrected chi connectivity index (χ4v) is 4.80. The van der Waals surface area contributed by atoms with E-state index in [0.29, 0.717) is 29.3 Å². The lowest BCUT2D eigenvalue weighted by atomic mass is 10.0. The summed E-state index contributed by atoms with van der Waals surface area (Å²) < 4.78 is 1.95. The Morgan fingerprint density at radius 1 is 1.00 bits per heavy atom. The van der Waals surface area contributed by atoms with E-state index in [1.165, 1.54) is 0 Å². The van der Waals surface area contributed by atoms with Crippen LogP contribution >= 0.6 is 0 Å². The van der Waals surface area contributed by atoms with Crippen LogP contribution < -0.4 is 5.32 Å². The normalized spacial score (nSPS) is 11.3. The summed E-state index contributed by atoms with van der Waals surface area (Å²) in [6.07, 6.45) is 9.18. The highest BCUT2D eigenvalue weighted by Gasteiger charge is 2.17. The van der Waals surface area contributed by atoms with E-state index < -0.39 is 0 Å². The van der Waals surface area contributed by atoms with E-state index in [0.717, 1.165) is 44.5 Å². The van der Waals surface area contributed by atoms with Gasteiger partial charge in [0.1, 0.15) is 11.2 Å². The van der Waals surface area contributed by atoms with Gasteiger partial charge in [-0.2, -0.15) is 5.10 Å². The standard InChI is InChI=1S/C30H23N9O/c1-18-16-39(17-33-18)25-9-10-32-29-28(25)35-30(36-29)27-23-13-20(7-8-24(23)37-38-27)21-12-22(15-31-14-21)34-26(40)11-19-5-3-2-4-6-19/h2-10,12-17H,11H2,1H3,(H,34,40)(H,37,38)(H,32,35,36). The van der Waals surface area contributed by atoms with Crippen LogP contribution in [0.4, 0.5) is 5.69 Å². The number of pyridine rings is 2. The van der Waals surface area contributed by atoms with Gasteiger partial charge in [0.2, 0.25) is 5.91 Å². The summed E-state index contributed by atoms with van der Waals surface area (Å²) in [4.78, 5) is 33.9. The Morgan fingerprint density at radius 2 is 1.90 bits per heavy atom. The summed E-state index contributed by atoms with van der Waals surface area (Å²) in [6.45, 7) is 1.95. The molecule has 0 fully saturated rings. The van der Waals surface area contributed by atoms with Crippen LogP contribution in [0, 0.1) is 6.92 Å².